The van der Waals surface area contributed by atoms with Crippen LogP contribution in [0.1, 0.15) is 29.8 Å². The lowest BCUT2D eigenvalue weighted by atomic mass is 10.0. The molecule has 0 radical (unpaired) electrons. The van der Waals surface area contributed by atoms with Crippen LogP contribution < -0.4 is 4.90 Å². The predicted octanol–water partition coefficient (Wildman–Crippen LogP) is 5.29. The second-order valence-electron chi connectivity index (χ2n) is 6.14. The van der Waals surface area contributed by atoms with E-state index in [1.807, 2.05) is 54.6 Å². The minimum Gasteiger partial charge on any atom is -0.507 e. The van der Waals surface area contributed by atoms with Gasteiger partial charge in [0.15, 0.2) is 5.78 Å². The number of allylic oxidation sites excluding steroid dienone is 1. The molecule has 0 aromatic heterocycles. The van der Waals surface area contributed by atoms with Gasteiger partial charge in [-0.1, -0.05) is 30.3 Å². The summed E-state index contributed by atoms with van der Waals surface area (Å²) in [6.07, 6.45) is 3.21. The zero-order valence-corrected chi connectivity index (χ0v) is 15.1. The van der Waals surface area contributed by atoms with Crippen LogP contribution in [-0.2, 0) is 0 Å². The molecule has 132 valence electrons. The first-order chi connectivity index (χ1) is 12.6. The molecular formula is C23H23NO2. The Hall–Kier alpha value is -3.07. The number of benzene rings is 3. The minimum absolute atomic E-state index is 0.0802. The van der Waals surface area contributed by atoms with Gasteiger partial charge in [-0.2, -0.15) is 0 Å². The van der Waals surface area contributed by atoms with Crippen molar-refractivity contribution in [3.63, 3.8) is 0 Å². The fourth-order valence-electron chi connectivity index (χ4n) is 3.14. The Kier molecular flexibility index (Phi) is 5.37. The summed E-state index contributed by atoms with van der Waals surface area (Å²) in [5, 5.41) is 12.1. The Morgan fingerprint density at radius 1 is 0.962 bits per heavy atom. The normalized spacial score (nSPS) is 11.2. The van der Waals surface area contributed by atoms with E-state index in [2.05, 4.69) is 18.7 Å². The number of hydrogen-bond donors (Lipinski definition) is 1. The van der Waals surface area contributed by atoms with Gasteiger partial charge in [-0.15, -0.1) is 0 Å². The van der Waals surface area contributed by atoms with E-state index in [0.29, 0.717) is 11.1 Å². The van der Waals surface area contributed by atoms with E-state index in [4.69, 9.17) is 0 Å². The Morgan fingerprint density at radius 2 is 1.65 bits per heavy atom. The third-order valence-electron chi connectivity index (χ3n) is 4.63. The number of anilines is 1. The second kappa shape index (κ2) is 7.87. The Balaban J connectivity index is 1.85. The minimum atomic E-state index is -0.0802. The molecule has 0 bridgehead atoms. The van der Waals surface area contributed by atoms with Crippen LogP contribution in [0.25, 0.3) is 16.8 Å². The van der Waals surface area contributed by atoms with E-state index in [0.717, 1.165) is 29.5 Å². The molecule has 0 spiro atoms. The summed E-state index contributed by atoms with van der Waals surface area (Å²) in [7, 11) is 0. The summed E-state index contributed by atoms with van der Waals surface area (Å²) in [5.74, 6) is 0.0908. The maximum Gasteiger partial charge on any atom is 0.185 e. The topological polar surface area (TPSA) is 40.5 Å². The van der Waals surface area contributed by atoms with E-state index in [-0.39, 0.29) is 11.5 Å². The van der Waals surface area contributed by atoms with Crippen LogP contribution in [0.4, 0.5) is 5.69 Å². The Bertz CT molecular complexity index is 938. The molecule has 3 heteroatoms. The van der Waals surface area contributed by atoms with Gasteiger partial charge in [-0.05, 0) is 67.1 Å². The van der Waals surface area contributed by atoms with Crippen molar-refractivity contribution >= 4 is 28.3 Å². The van der Waals surface area contributed by atoms with Crippen LogP contribution >= 0.6 is 0 Å². The van der Waals surface area contributed by atoms with Crippen molar-refractivity contribution in [2.24, 2.45) is 0 Å². The molecule has 0 unspecified atom stereocenters. The fraction of sp³-hybridized carbons (Fsp3) is 0.174. The monoisotopic (exact) mass is 345 g/mol. The summed E-state index contributed by atoms with van der Waals surface area (Å²) in [6.45, 7) is 6.10. The number of phenolic OH excluding ortho intramolecular Hbond substituents is 1. The Labute approximate surface area is 154 Å². The van der Waals surface area contributed by atoms with Crippen molar-refractivity contribution < 1.29 is 9.90 Å². The molecule has 1 N–H and O–H groups in total. The van der Waals surface area contributed by atoms with E-state index >= 15 is 0 Å². The maximum atomic E-state index is 12.5. The third kappa shape index (κ3) is 3.62. The second-order valence-corrected chi connectivity index (χ2v) is 6.14. The fourth-order valence-corrected chi connectivity index (χ4v) is 3.14. The van der Waals surface area contributed by atoms with Crippen LogP contribution in [0.3, 0.4) is 0 Å². The van der Waals surface area contributed by atoms with Crippen molar-refractivity contribution in [2.75, 3.05) is 18.0 Å². The molecule has 3 aromatic rings. The molecule has 0 heterocycles. The van der Waals surface area contributed by atoms with Crippen LogP contribution in [0.15, 0.2) is 66.7 Å². The maximum absolute atomic E-state index is 12.5. The van der Waals surface area contributed by atoms with E-state index in [1.54, 1.807) is 12.1 Å². The van der Waals surface area contributed by atoms with Crippen molar-refractivity contribution in [1.29, 1.82) is 0 Å². The highest BCUT2D eigenvalue weighted by Gasteiger charge is 2.07. The predicted molar refractivity (Wildman–Crippen MR) is 109 cm³/mol. The molecule has 0 fully saturated rings. The molecule has 0 saturated carbocycles. The third-order valence-corrected chi connectivity index (χ3v) is 4.63. The zero-order chi connectivity index (χ0) is 18.5. The molecule has 0 atom stereocenters. The SMILES string of the molecule is CCN(CC)c1ccc(C(=O)/C=C/c2c(O)ccc3ccccc23)cc1. The van der Waals surface area contributed by atoms with Crippen molar-refractivity contribution in [3.05, 3.63) is 77.9 Å². The Morgan fingerprint density at radius 3 is 2.35 bits per heavy atom. The molecule has 0 amide bonds. The first-order valence-electron chi connectivity index (χ1n) is 8.92. The average molecular weight is 345 g/mol. The van der Waals surface area contributed by atoms with E-state index < -0.39 is 0 Å². The standard InChI is InChI=1S/C23H23NO2/c1-3-24(4-2)19-12-9-18(10-13-19)22(25)16-14-21-20-8-6-5-7-17(20)11-15-23(21)26/h5-16,26H,3-4H2,1-2H3/b16-14+. The van der Waals surface area contributed by atoms with Crippen LogP contribution in [0, 0.1) is 0 Å². The number of phenols is 1. The smallest absolute Gasteiger partial charge is 0.185 e. The van der Waals surface area contributed by atoms with Gasteiger partial charge in [-0.25, -0.2) is 0 Å². The molecule has 3 nitrogen and oxygen atoms in total. The van der Waals surface area contributed by atoms with Crippen LogP contribution in [0.2, 0.25) is 0 Å². The van der Waals surface area contributed by atoms with E-state index in [1.165, 1.54) is 6.08 Å². The summed E-state index contributed by atoms with van der Waals surface area (Å²) >= 11 is 0. The highest BCUT2D eigenvalue weighted by Crippen LogP contribution is 2.28. The van der Waals surface area contributed by atoms with Gasteiger partial charge < -0.3 is 10.0 Å². The number of hydrogen-bond acceptors (Lipinski definition) is 3. The van der Waals surface area contributed by atoms with Gasteiger partial charge in [-0.3, -0.25) is 4.79 Å². The molecular weight excluding hydrogens is 322 g/mol. The van der Waals surface area contributed by atoms with Gasteiger partial charge in [0, 0.05) is 29.9 Å². The number of aromatic hydroxyl groups is 1. The number of fused-ring (bicyclic) bond motifs is 1. The average Bonchev–Trinajstić information content (AvgIpc) is 2.68. The number of nitrogens with zero attached hydrogens (tertiary/aromatic N) is 1. The lowest BCUT2D eigenvalue weighted by Gasteiger charge is -2.20. The van der Waals surface area contributed by atoms with Crippen molar-refractivity contribution in [3.8, 4) is 5.75 Å². The number of rotatable bonds is 6. The number of ketones is 1. The highest BCUT2D eigenvalue weighted by molar-refractivity contribution is 6.08. The lowest BCUT2D eigenvalue weighted by Crippen LogP contribution is -2.21. The van der Waals surface area contributed by atoms with Gasteiger partial charge >= 0.3 is 0 Å². The molecule has 3 aromatic carbocycles. The molecule has 0 aliphatic heterocycles. The summed E-state index contributed by atoms with van der Waals surface area (Å²) in [5.41, 5.74) is 2.41. The lowest BCUT2D eigenvalue weighted by molar-refractivity contribution is 0.104. The zero-order valence-electron chi connectivity index (χ0n) is 15.1. The first-order valence-corrected chi connectivity index (χ1v) is 8.92. The van der Waals surface area contributed by atoms with E-state index in [9.17, 15) is 9.90 Å². The van der Waals surface area contributed by atoms with Crippen LogP contribution in [0.5, 0.6) is 5.75 Å². The molecule has 0 saturated heterocycles. The summed E-state index contributed by atoms with van der Waals surface area (Å²) in [4.78, 5) is 14.7. The largest absolute Gasteiger partial charge is 0.507 e. The first kappa shape index (κ1) is 17.7. The van der Waals surface area contributed by atoms with Gasteiger partial charge in [0.25, 0.3) is 0 Å². The van der Waals surface area contributed by atoms with Crippen molar-refractivity contribution in [2.45, 2.75) is 13.8 Å². The van der Waals surface area contributed by atoms with Crippen molar-refractivity contribution in [1.82, 2.24) is 0 Å². The highest BCUT2D eigenvalue weighted by atomic mass is 16.3. The number of carbonyl (C=O) groups is 1. The molecule has 3 rings (SSSR count). The molecule has 0 aliphatic carbocycles. The molecule has 0 aliphatic rings. The van der Waals surface area contributed by atoms with Gasteiger partial charge in [0.2, 0.25) is 0 Å². The van der Waals surface area contributed by atoms with Gasteiger partial charge in [0.1, 0.15) is 5.75 Å². The quantitative estimate of drug-likeness (QED) is 0.487. The van der Waals surface area contributed by atoms with Crippen LogP contribution in [-0.4, -0.2) is 24.0 Å². The summed E-state index contributed by atoms with van der Waals surface area (Å²) < 4.78 is 0. The van der Waals surface area contributed by atoms with Gasteiger partial charge in [0.05, 0.1) is 0 Å². The summed E-state index contributed by atoms with van der Waals surface area (Å²) in [6, 6.07) is 19.0. The number of carbonyl (C=O) groups excluding carboxylic acids is 1. The molecule has 26 heavy (non-hydrogen) atoms.